The van der Waals surface area contributed by atoms with E-state index in [9.17, 15) is 4.79 Å². The summed E-state index contributed by atoms with van der Waals surface area (Å²) < 4.78 is 10.5. The molecule has 10 heteroatoms. The molecule has 0 unspecified atom stereocenters. The van der Waals surface area contributed by atoms with Crippen molar-refractivity contribution < 1.29 is 29.3 Å². The Morgan fingerprint density at radius 3 is 2.25 bits per heavy atom. The number of H-pyrrole nitrogens is 1. The van der Waals surface area contributed by atoms with Crippen LogP contribution in [-0.2, 0) is 16.1 Å². The van der Waals surface area contributed by atoms with E-state index in [1.165, 1.54) is 12.8 Å². The summed E-state index contributed by atoms with van der Waals surface area (Å²) in [4.78, 5) is 37.7. The van der Waals surface area contributed by atoms with E-state index in [-0.39, 0.29) is 5.56 Å². The van der Waals surface area contributed by atoms with E-state index >= 15 is 0 Å². The van der Waals surface area contributed by atoms with Crippen molar-refractivity contribution >= 4 is 22.8 Å². The van der Waals surface area contributed by atoms with Crippen molar-refractivity contribution in [3.63, 3.8) is 0 Å². The first-order valence-electron chi connectivity index (χ1n) is 8.65. The number of nitrogens with one attached hydrogen (secondary N) is 2. The minimum atomic E-state index is -1.82. The van der Waals surface area contributed by atoms with Gasteiger partial charge in [-0.2, -0.15) is 0 Å². The molecule has 4 N–H and O–H groups in total. The number of aliphatic carboxylic acids is 2. The predicted molar refractivity (Wildman–Crippen MR) is 102 cm³/mol. The van der Waals surface area contributed by atoms with Gasteiger partial charge in [-0.3, -0.25) is 4.79 Å². The molecule has 0 amide bonds. The molecular weight excluding hydrogens is 370 g/mol. The van der Waals surface area contributed by atoms with E-state index in [1.54, 1.807) is 26.4 Å². The van der Waals surface area contributed by atoms with Crippen molar-refractivity contribution in [3.8, 4) is 11.5 Å². The summed E-state index contributed by atoms with van der Waals surface area (Å²) in [7, 11) is 3.10. The highest BCUT2D eigenvalue weighted by Gasteiger charge is 2.10. The zero-order valence-electron chi connectivity index (χ0n) is 16.1. The maximum absolute atomic E-state index is 12.2. The van der Waals surface area contributed by atoms with Crippen molar-refractivity contribution in [2.24, 2.45) is 0 Å². The van der Waals surface area contributed by atoms with E-state index in [1.807, 2.05) is 0 Å². The highest BCUT2D eigenvalue weighted by Crippen LogP contribution is 2.29. The highest BCUT2D eigenvalue weighted by molar-refractivity contribution is 6.27. The zero-order valence-corrected chi connectivity index (χ0v) is 16.1. The summed E-state index contributed by atoms with van der Waals surface area (Å²) in [5.41, 5.74) is 0.433. The van der Waals surface area contributed by atoms with E-state index < -0.39 is 11.9 Å². The summed E-state index contributed by atoms with van der Waals surface area (Å²) in [6.45, 7) is 3.63. The van der Waals surface area contributed by atoms with Gasteiger partial charge in [0.15, 0.2) is 11.5 Å². The second-order valence-corrected chi connectivity index (χ2v) is 5.73. The molecule has 0 fully saturated rings. The van der Waals surface area contributed by atoms with Crippen LogP contribution in [0.3, 0.4) is 0 Å². The van der Waals surface area contributed by atoms with Crippen LogP contribution >= 0.6 is 0 Å². The van der Waals surface area contributed by atoms with Crippen LogP contribution in [0.15, 0.2) is 16.9 Å². The lowest BCUT2D eigenvalue weighted by Gasteiger charge is -2.09. The Morgan fingerprint density at radius 2 is 1.71 bits per heavy atom. The molecule has 10 nitrogen and oxygen atoms in total. The third-order valence-corrected chi connectivity index (χ3v) is 3.69. The number of carbonyl (C=O) groups is 2. The number of ether oxygens (including phenoxy) is 2. The number of carboxylic acids is 2. The van der Waals surface area contributed by atoms with E-state index in [0.717, 1.165) is 13.0 Å². The first-order chi connectivity index (χ1) is 13.3. The van der Waals surface area contributed by atoms with Crippen LogP contribution in [0.4, 0.5) is 0 Å². The number of methoxy groups -OCH3 is 2. The van der Waals surface area contributed by atoms with Gasteiger partial charge >= 0.3 is 11.9 Å². The number of carboxylic acid groups (broad SMARTS) is 2. The van der Waals surface area contributed by atoms with Gasteiger partial charge in [-0.05, 0) is 19.0 Å². The Balaban J connectivity index is 0.000000568. The molecule has 0 spiro atoms. The normalized spacial score (nSPS) is 10.1. The smallest absolute Gasteiger partial charge is 0.414 e. The van der Waals surface area contributed by atoms with Crippen LogP contribution in [0.5, 0.6) is 11.5 Å². The van der Waals surface area contributed by atoms with Crippen LogP contribution in [0, 0.1) is 0 Å². The number of fused-ring (bicyclic) bond motifs is 1. The lowest BCUT2D eigenvalue weighted by atomic mass is 10.2. The second kappa shape index (κ2) is 11.5. The maximum Gasteiger partial charge on any atom is 0.414 e. The monoisotopic (exact) mass is 395 g/mol. The minimum Gasteiger partial charge on any atom is -0.493 e. The van der Waals surface area contributed by atoms with Gasteiger partial charge < -0.3 is 30.0 Å². The van der Waals surface area contributed by atoms with Crippen LogP contribution in [0.1, 0.15) is 32.0 Å². The molecule has 1 heterocycles. The van der Waals surface area contributed by atoms with Crippen LogP contribution < -0.4 is 20.3 Å². The zero-order chi connectivity index (χ0) is 21.1. The number of aromatic nitrogens is 2. The van der Waals surface area contributed by atoms with E-state index in [2.05, 4.69) is 22.2 Å². The van der Waals surface area contributed by atoms with Crippen molar-refractivity contribution in [2.45, 2.75) is 32.7 Å². The number of benzene rings is 1. The predicted octanol–water partition coefficient (Wildman–Crippen LogP) is 1.38. The number of aromatic amines is 1. The van der Waals surface area contributed by atoms with E-state index in [0.29, 0.717) is 34.8 Å². The summed E-state index contributed by atoms with van der Waals surface area (Å²) >= 11 is 0. The Labute approximate surface area is 161 Å². The topological polar surface area (TPSA) is 151 Å². The molecular formula is C18H25N3O7. The van der Waals surface area contributed by atoms with Gasteiger partial charge in [0.1, 0.15) is 5.82 Å². The van der Waals surface area contributed by atoms with Crippen molar-refractivity contribution in [1.82, 2.24) is 15.3 Å². The van der Waals surface area contributed by atoms with Gasteiger partial charge in [-0.15, -0.1) is 0 Å². The molecule has 0 bridgehead atoms. The average Bonchev–Trinajstić information content (AvgIpc) is 2.67. The molecule has 2 aromatic rings. The number of hydrogen-bond acceptors (Lipinski definition) is 7. The standard InChI is InChI=1S/C16H23N3O3.C2H2O4/c1-4-5-6-7-17-10-15-18-12-9-14(22-3)13(21-2)8-11(12)16(20)19-15;3-1(4)2(5)6/h8-9,17H,4-7,10H2,1-3H3,(H,18,19,20);(H,3,4)(H,5,6). The molecule has 154 valence electrons. The third kappa shape index (κ3) is 6.88. The Morgan fingerprint density at radius 1 is 1.11 bits per heavy atom. The summed E-state index contributed by atoms with van der Waals surface area (Å²) in [5, 5.41) is 18.6. The van der Waals surface area contributed by atoms with Crippen molar-refractivity contribution in [1.29, 1.82) is 0 Å². The minimum absolute atomic E-state index is 0.170. The lowest BCUT2D eigenvalue weighted by molar-refractivity contribution is -0.159. The Kier molecular flexibility index (Phi) is 9.44. The summed E-state index contributed by atoms with van der Waals surface area (Å²) in [6.07, 6.45) is 3.51. The molecule has 0 aliphatic carbocycles. The SMILES string of the molecule is CCCCCNCc1nc2cc(OC)c(OC)cc2c(=O)[nH]1.O=C(O)C(=O)O. The number of unbranched alkanes of at least 4 members (excludes halogenated alkanes) is 2. The quantitative estimate of drug-likeness (QED) is 0.384. The van der Waals surface area contributed by atoms with Gasteiger partial charge in [0.25, 0.3) is 5.56 Å². The Bertz CT molecular complexity index is 852. The molecule has 0 saturated heterocycles. The van der Waals surface area contributed by atoms with Crippen LogP contribution in [0.2, 0.25) is 0 Å². The fraction of sp³-hybridized carbons (Fsp3) is 0.444. The van der Waals surface area contributed by atoms with Crippen molar-refractivity contribution in [3.05, 3.63) is 28.3 Å². The van der Waals surface area contributed by atoms with Gasteiger partial charge in [-0.25, -0.2) is 14.6 Å². The number of hydrogen-bond donors (Lipinski definition) is 4. The maximum atomic E-state index is 12.2. The molecule has 0 radical (unpaired) electrons. The summed E-state index contributed by atoms with van der Waals surface area (Å²) in [5.74, 6) is -1.94. The number of rotatable bonds is 8. The second-order valence-electron chi connectivity index (χ2n) is 5.73. The van der Waals surface area contributed by atoms with Gasteiger partial charge in [0.2, 0.25) is 0 Å². The van der Waals surface area contributed by atoms with E-state index in [4.69, 9.17) is 29.3 Å². The molecule has 0 aliphatic rings. The lowest BCUT2D eigenvalue weighted by Crippen LogP contribution is -2.20. The first-order valence-corrected chi connectivity index (χ1v) is 8.65. The fourth-order valence-corrected chi connectivity index (χ4v) is 2.30. The first kappa shape index (κ1) is 22.9. The molecule has 0 aliphatic heterocycles. The molecule has 28 heavy (non-hydrogen) atoms. The van der Waals surface area contributed by atoms with Gasteiger partial charge in [0, 0.05) is 6.07 Å². The van der Waals surface area contributed by atoms with Crippen molar-refractivity contribution in [2.75, 3.05) is 20.8 Å². The molecule has 1 aromatic heterocycles. The highest BCUT2D eigenvalue weighted by atomic mass is 16.5. The van der Waals surface area contributed by atoms with Crippen LogP contribution in [0.25, 0.3) is 10.9 Å². The molecule has 1 aromatic carbocycles. The molecule has 2 rings (SSSR count). The fourth-order valence-electron chi connectivity index (χ4n) is 2.30. The number of nitrogens with zero attached hydrogens (tertiary/aromatic N) is 1. The summed E-state index contributed by atoms with van der Waals surface area (Å²) in [6, 6.07) is 3.38. The van der Waals surface area contributed by atoms with Gasteiger partial charge in [0.05, 0.1) is 31.7 Å². The largest absolute Gasteiger partial charge is 0.493 e. The Hall–Kier alpha value is -3.14. The third-order valence-electron chi connectivity index (χ3n) is 3.69. The van der Waals surface area contributed by atoms with Gasteiger partial charge in [-0.1, -0.05) is 19.8 Å². The van der Waals surface area contributed by atoms with Crippen LogP contribution in [-0.4, -0.2) is 52.9 Å². The average molecular weight is 395 g/mol. The molecule has 0 atom stereocenters. The molecule has 0 saturated carbocycles.